The van der Waals surface area contributed by atoms with Crippen molar-refractivity contribution in [2.24, 2.45) is 5.41 Å². The second kappa shape index (κ2) is 5.37. The average Bonchev–Trinajstić information content (AvgIpc) is 2.41. The van der Waals surface area contributed by atoms with Crippen molar-refractivity contribution in [1.29, 1.82) is 5.26 Å². The predicted octanol–water partition coefficient (Wildman–Crippen LogP) is 2.93. The predicted molar refractivity (Wildman–Crippen MR) is 68.3 cm³/mol. The van der Waals surface area contributed by atoms with E-state index in [9.17, 15) is 24.6 Å². The first-order chi connectivity index (χ1) is 9.48. The molecule has 0 bridgehead atoms. The number of nitro benzene ring substituents is 1. The topological polar surface area (TPSA) is 84.0 Å². The number of carbonyl (C=O) groups excluding carboxylic acids is 1. The Hall–Kier alpha value is -2.29. The van der Waals surface area contributed by atoms with Crippen LogP contribution < -0.4 is 0 Å². The van der Waals surface area contributed by atoms with Crippen LogP contribution in [0.15, 0.2) is 18.2 Å². The molecule has 2 rings (SSSR count). The molecule has 0 spiro atoms. The Morgan fingerprint density at radius 3 is 2.75 bits per heavy atom. The standard InChI is InChI=1S/C14H13FN2O3/c15-11-7-10(4-5-12(11)17(19)20)8-14(9-16)6-2-1-3-13(14)18/h4-5,7H,1-3,6,8H2. The molecule has 1 fully saturated rings. The largest absolute Gasteiger partial charge is 0.304 e. The first-order valence-corrected chi connectivity index (χ1v) is 6.36. The number of ketones is 1. The fourth-order valence-corrected chi connectivity index (χ4v) is 2.59. The van der Waals surface area contributed by atoms with Crippen LogP contribution in [0.2, 0.25) is 0 Å². The maximum atomic E-state index is 13.6. The lowest BCUT2D eigenvalue weighted by Crippen LogP contribution is -2.34. The third kappa shape index (κ3) is 2.52. The SMILES string of the molecule is N#CC1(Cc2ccc([N+](=O)[O-])c(F)c2)CCCCC1=O. The van der Waals surface area contributed by atoms with Crippen molar-refractivity contribution in [3.05, 3.63) is 39.7 Å². The Kier molecular flexibility index (Phi) is 3.79. The Morgan fingerprint density at radius 1 is 1.45 bits per heavy atom. The highest BCUT2D eigenvalue weighted by molar-refractivity contribution is 5.88. The fourth-order valence-electron chi connectivity index (χ4n) is 2.59. The number of carbonyl (C=O) groups is 1. The molecule has 0 heterocycles. The van der Waals surface area contributed by atoms with Gasteiger partial charge in [-0.1, -0.05) is 12.5 Å². The molecule has 20 heavy (non-hydrogen) atoms. The number of halogens is 1. The molecule has 6 heteroatoms. The van der Waals surface area contributed by atoms with Crippen molar-refractivity contribution >= 4 is 11.5 Å². The maximum Gasteiger partial charge on any atom is 0.304 e. The molecule has 1 aliphatic carbocycles. The van der Waals surface area contributed by atoms with E-state index in [0.717, 1.165) is 25.0 Å². The summed E-state index contributed by atoms with van der Waals surface area (Å²) in [6.45, 7) is 0. The van der Waals surface area contributed by atoms with Gasteiger partial charge in [0.05, 0.1) is 11.0 Å². The van der Waals surface area contributed by atoms with Gasteiger partial charge in [-0.15, -0.1) is 0 Å². The number of Topliss-reactive ketones (excluding diaryl/α,β-unsaturated/α-hetero) is 1. The maximum absolute atomic E-state index is 13.6. The number of nitro groups is 1. The van der Waals surface area contributed by atoms with Gasteiger partial charge in [-0.25, -0.2) is 0 Å². The molecule has 1 atom stereocenters. The molecular formula is C14H13FN2O3. The molecule has 1 aromatic rings. The summed E-state index contributed by atoms with van der Waals surface area (Å²) in [5.74, 6) is -1.06. The van der Waals surface area contributed by atoms with Crippen LogP contribution in [0.25, 0.3) is 0 Å². The lowest BCUT2D eigenvalue weighted by molar-refractivity contribution is -0.387. The number of nitrogens with zero attached hydrogens (tertiary/aromatic N) is 2. The zero-order chi connectivity index (χ0) is 14.8. The van der Waals surface area contributed by atoms with Crippen molar-refractivity contribution in [3.8, 4) is 6.07 Å². The van der Waals surface area contributed by atoms with Crippen molar-refractivity contribution in [3.63, 3.8) is 0 Å². The molecule has 1 aromatic carbocycles. The highest BCUT2D eigenvalue weighted by Crippen LogP contribution is 2.36. The summed E-state index contributed by atoms with van der Waals surface area (Å²) in [6, 6.07) is 5.58. The van der Waals surface area contributed by atoms with E-state index in [1.165, 1.54) is 6.07 Å². The Bertz CT molecular complexity index is 609. The molecule has 1 saturated carbocycles. The van der Waals surface area contributed by atoms with E-state index in [0.29, 0.717) is 18.4 Å². The van der Waals surface area contributed by atoms with E-state index in [2.05, 4.69) is 6.07 Å². The zero-order valence-corrected chi connectivity index (χ0v) is 10.8. The summed E-state index contributed by atoms with van der Waals surface area (Å²) in [7, 11) is 0. The highest BCUT2D eigenvalue weighted by Gasteiger charge is 2.40. The number of benzene rings is 1. The van der Waals surface area contributed by atoms with Crippen molar-refractivity contribution in [1.82, 2.24) is 0 Å². The molecule has 1 aliphatic rings. The number of nitriles is 1. The molecule has 104 valence electrons. The molecule has 0 aliphatic heterocycles. The van der Waals surface area contributed by atoms with Crippen LogP contribution in [0.1, 0.15) is 31.2 Å². The number of hydrogen-bond donors (Lipinski definition) is 0. The van der Waals surface area contributed by atoms with Crippen molar-refractivity contribution in [2.45, 2.75) is 32.1 Å². The molecule has 1 unspecified atom stereocenters. The van der Waals surface area contributed by atoms with Crippen LogP contribution in [0.4, 0.5) is 10.1 Å². The monoisotopic (exact) mass is 276 g/mol. The van der Waals surface area contributed by atoms with Gasteiger partial charge in [0.1, 0.15) is 5.41 Å². The quantitative estimate of drug-likeness (QED) is 0.627. The summed E-state index contributed by atoms with van der Waals surface area (Å²) in [5, 5.41) is 19.9. The Morgan fingerprint density at radius 2 is 2.20 bits per heavy atom. The van der Waals surface area contributed by atoms with Crippen LogP contribution in [0, 0.1) is 32.7 Å². The van der Waals surface area contributed by atoms with Gasteiger partial charge >= 0.3 is 5.69 Å². The molecule has 0 saturated heterocycles. The second-order valence-electron chi connectivity index (χ2n) is 5.04. The van der Waals surface area contributed by atoms with E-state index in [1.54, 1.807) is 0 Å². The van der Waals surface area contributed by atoms with Crippen LogP contribution in [0.3, 0.4) is 0 Å². The van der Waals surface area contributed by atoms with E-state index in [4.69, 9.17) is 0 Å². The van der Waals surface area contributed by atoms with Crippen LogP contribution >= 0.6 is 0 Å². The van der Waals surface area contributed by atoms with Crippen molar-refractivity contribution in [2.75, 3.05) is 0 Å². The van der Waals surface area contributed by atoms with Crippen LogP contribution in [-0.4, -0.2) is 10.7 Å². The van der Waals surface area contributed by atoms with Gasteiger partial charge in [0.15, 0.2) is 5.78 Å². The number of rotatable bonds is 3. The van der Waals surface area contributed by atoms with Gasteiger partial charge in [-0.05, 0) is 30.9 Å². The Labute approximate surface area is 115 Å². The minimum absolute atomic E-state index is 0.108. The minimum Gasteiger partial charge on any atom is -0.298 e. The molecule has 0 aromatic heterocycles. The zero-order valence-electron chi connectivity index (χ0n) is 10.8. The fraction of sp³-hybridized carbons (Fsp3) is 0.429. The normalized spacial score (nSPS) is 22.3. The molecule has 0 radical (unpaired) electrons. The summed E-state index contributed by atoms with van der Waals surface area (Å²) in [5.41, 5.74) is -1.28. The third-order valence-corrected chi connectivity index (χ3v) is 3.72. The van der Waals surface area contributed by atoms with Crippen LogP contribution in [0.5, 0.6) is 0 Å². The molecule has 0 amide bonds. The highest BCUT2D eigenvalue weighted by atomic mass is 19.1. The summed E-state index contributed by atoms with van der Waals surface area (Å²) >= 11 is 0. The number of hydrogen-bond acceptors (Lipinski definition) is 4. The van der Waals surface area contributed by atoms with E-state index in [-0.39, 0.29) is 12.2 Å². The molecule has 0 N–H and O–H groups in total. The lowest BCUT2D eigenvalue weighted by Gasteiger charge is -2.29. The minimum atomic E-state index is -1.11. The third-order valence-electron chi connectivity index (χ3n) is 3.72. The van der Waals surface area contributed by atoms with Gasteiger partial charge in [-0.3, -0.25) is 14.9 Å². The summed E-state index contributed by atoms with van der Waals surface area (Å²) in [4.78, 5) is 21.7. The lowest BCUT2D eigenvalue weighted by atomic mass is 9.70. The smallest absolute Gasteiger partial charge is 0.298 e. The van der Waals surface area contributed by atoms with Gasteiger partial charge in [0.25, 0.3) is 0 Å². The van der Waals surface area contributed by atoms with Gasteiger partial charge < -0.3 is 0 Å². The van der Waals surface area contributed by atoms with Crippen LogP contribution in [-0.2, 0) is 11.2 Å². The molecular weight excluding hydrogens is 263 g/mol. The summed E-state index contributed by atoms with van der Waals surface area (Å²) in [6.07, 6.45) is 2.49. The first-order valence-electron chi connectivity index (χ1n) is 6.36. The second-order valence-corrected chi connectivity index (χ2v) is 5.04. The molecule has 5 nitrogen and oxygen atoms in total. The van der Waals surface area contributed by atoms with Gasteiger partial charge in [0.2, 0.25) is 5.82 Å². The van der Waals surface area contributed by atoms with E-state index < -0.39 is 21.8 Å². The van der Waals surface area contributed by atoms with Crippen molar-refractivity contribution < 1.29 is 14.1 Å². The first kappa shape index (κ1) is 14.1. The Balaban J connectivity index is 2.29. The van der Waals surface area contributed by atoms with E-state index >= 15 is 0 Å². The van der Waals surface area contributed by atoms with E-state index in [1.807, 2.05) is 0 Å². The van der Waals surface area contributed by atoms with Gasteiger partial charge in [-0.2, -0.15) is 9.65 Å². The van der Waals surface area contributed by atoms with Gasteiger partial charge in [0, 0.05) is 12.5 Å². The summed E-state index contributed by atoms with van der Waals surface area (Å²) < 4.78 is 13.6. The average molecular weight is 276 g/mol.